The van der Waals surface area contributed by atoms with Gasteiger partial charge in [-0.15, -0.1) is 0 Å². The SMILES string of the molecule is CC/C=C\C/C=C\C/C=C\C/C=C\C/C=C\CCCCCCCC(=O)NC(COP(=O)([O-])OCC[N+](C)(C)C)C(/C=C/CCCCCCCCCCC)OC(=O)CCCCCCCCCCCCCCC/C=C/CCCCCCCC. The van der Waals surface area contributed by atoms with Crippen LogP contribution in [0.5, 0.6) is 0 Å². The molecule has 1 N–H and O–H groups in total. The van der Waals surface area contributed by atoms with Gasteiger partial charge < -0.3 is 28.5 Å². The van der Waals surface area contributed by atoms with Crippen LogP contribution < -0.4 is 10.2 Å². The Labute approximate surface area is 501 Å². The van der Waals surface area contributed by atoms with Gasteiger partial charge in [-0.25, -0.2) is 0 Å². The van der Waals surface area contributed by atoms with E-state index in [1.807, 2.05) is 33.3 Å². The molecule has 81 heavy (non-hydrogen) atoms. The van der Waals surface area contributed by atoms with E-state index < -0.39 is 26.6 Å². The van der Waals surface area contributed by atoms with Crippen LogP contribution in [0, 0.1) is 0 Å². The number of hydrogen-bond acceptors (Lipinski definition) is 7. The summed E-state index contributed by atoms with van der Waals surface area (Å²) in [7, 11) is 1.17. The number of amides is 1. The van der Waals surface area contributed by atoms with Crippen LogP contribution in [0.25, 0.3) is 0 Å². The second-order valence-electron chi connectivity index (χ2n) is 23.9. The minimum Gasteiger partial charge on any atom is -0.756 e. The number of hydrogen-bond donors (Lipinski definition) is 1. The Balaban J connectivity index is 5.12. The molecule has 0 aliphatic rings. The van der Waals surface area contributed by atoms with Gasteiger partial charge in [-0.05, 0) is 102 Å². The number of rotatable bonds is 61. The number of carbonyl (C=O) groups is 2. The monoisotopic (exact) mass is 1150 g/mol. The van der Waals surface area contributed by atoms with Crippen LogP contribution in [0.3, 0.4) is 0 Å². The number of likely N-dealkylation sites (N-methyl/N-ethyl adjacent to an activating group) is 1. The Kier molecular flexibility index (Phi) is 58.2. The van der Waals surface area contributed by atoms with E-state index in [0.717, 1.165) is 103 Å². The summed E-state index contributed by atoms with van der Waals surface area (Å²) < 4.78 is 30.4. The number of quaternary nitrogens is 1. The maximum absolute atomic E-state index is 13.6. The Morgan fingerprint density at radius 1 is 0.444 bits per heavy atom. The van der Waals surface area contributed by atoms with E-state index in [0.29, 0.717) is 23.9 Å². The van der Waals surface area contributed by atoms with Crippen LogP contribution in [0.15, 0.2) is 85.1 Å². The van der Waals surface area contributed by atoms with E-state index in [2.05, 4.69) is 99.0 Å². The predicted molar refractivity (Wildman–Crippen MR) is 348 cm³/mol. The third-order valence-electron chi connectivity index (χ3n) is 14.8. The van der Waals surface area contributed by atoms with E-state index in [1.54, 1.807) is 0 Å². The van der Waals surface area contributed by atoms with Gasteiger partial charge in [0, 0.05) is 12.8 Å². The zero-order valence-corrected chi connectivity index (χ0v) is 54.6. The molecule has 0 saturated carbocycles. The van der Waals surface area contributed by atoms with Crippen LogP contribution in [0.2, 0.25) is 0 Å². The van der Waals surface area contributed by atoms with Crippen LogP contribution in [0.4, 0.5) is 0 Å². The fourth-order valence-corrected chi connectivity index (χ4v) is 10.3. The number of esters is 1. The number of nitrogens with zero attached hydrogens (tertiary/aromatic N) is 1. The lowest BCUT2D eigenvalue weighted by atomic mass is 10.0. The second-order valence-corrected chi connectivity index (χ2v) is 25.4. The average Bonchev–Trinajstić information content (AvgIpc) is 3.44. The average molecular weight is 1150 g/mol. The van der Waals surface area contributed by atoms with Gasteiger partial charge in [0.25, 0.3) is 7.82 Å². The molecule has 3 atom stereocenters. The number of carbonyl (C=O) groups excluding carboxylic acids is 2. The third-order valence-corrected chi connectivity index (χ3v) is 15.8. The summed E-state index contributed by atoms with van der Waals surface area (Å²) in [6, 6.07) is -0.902. The Morgan fingerprint density at radius 3 is 1.20 bits per heavy atom. The Morgan fingerprint density at radius 2 is 0.790 bits per heavy atom. The van der Waals surface area contributed by atoms with Crippen molar-refractivity contribution in [2.75, 3.05) is 40.9 Å². The van der Waals surface area contributed by atoms with E-state index in [9.17, 15) is 19.0 Å². The number of phosphoric acid groups is 1. The lowest BCUT2D eigenvalue weighted by Gasteiger charge is -2.30. The molecule has 0 heterocycles. The molecule has 0 spiro atoms. The molecular formula is C71H129N2O7P. The predicted octanol–water partition coefficient (Wildman–Crippen LogP) is 20.7. The Hall–Kier alpha value is -2.81. The molecule has 10 heteroatoms. The van der Waals surface area contributed by atoms with Crippen molar-refractivity contribution in [3.63, 3.8) is 0 Å². The molecule has 0 radical (unpaired) electrons. The van der Waals surface area contributed by atoms with Gasteiger partial charge >= 0.3 is 5.97 Å². The highest BCUT2D eigenvalue weighted by Gasteiger charge is 2.27. The summed E-state index contributed by atoms with van der Waals surface area (Å²) in [5.41, 5.74) is 0. The second kappa shape index (κ2) is 60.3. The first-order chi connectivity index (χ1) is 39.4. The number of unbranched alkanes of at least 4 members (excludes halogenated alkanes) is 33. The summed E-state index contributed by atoms with van der Waals surface area (Å²) in [6.07, 6.45) is 79.9. The van der Waals surface area contributed by atoms with Gasteiger partial charge in [0.2, 0.25) is 5.91 Å². The van der Waals surface area contributed by atoms with E-state index in [4.69, 9.17) is 13.8 Å². The smallest absolute Gasteiger partial charge is 0.306 e. The fourth-order valence-electron chi connectivity index (χ4n) is 9.60. The minimum atomic E-state index is -4.71. The largest absolute Gasteiger partial charge is 0.756 e. The molecule has 1 amide bonds. The topological polar surface area (TPSA) is 114 Å². The first-order valence-electron chi connectivity index (χ1n) is 33.9. The molecule has 0 saturated heterocycles. The first kappa shape index (κ1) is 78.2. The molecule has 0 aromatic rings. The normalized spacial score (nSPS) is 14.1. The van der Waals surface area contributed by atoms with Crippen molar-refractivity contribution in [3.05, 3.63) is 85.1 Å². The van der Waals surface area contributed by atoms with E-state index in [-0.39, 0.29) is 24.9 Å². The van der Waals surface area contributed by atoms with Crippen LogP contribution in [-0.2, 0) is 27.9 Å². The van der Waals surface area contributed by atoms with Crippen LogP contribution in [-0.4, -0.2) is 69.4 Å². The first-order valence-corrected chi connectivity index (χ1v) is 35.4. The molecular weight excluding hydrogens is 1020 g/mol. The van der Waals surface area contributed by atoms with Gasteiger partial charge in [0.1, 0.15) is 19.3 Å². The van der Waals surface area contributed by atoms with Crippen molar-refractivity contribution in [3.8, 4) is 0 Å². The number of allylic oxidation sites excluding steroid dienone is 13. The maximum atomic E-state index is 13.6. The molecule has 470 valence electrons. The summed E-state index contributed by atoms with van der Waals surface area (Å²) >= 11 is 0. The van der Waals surface area contributed by atoms with Crippen molar-refractivity contribution in [2.24, 2.45) is 0 Å². The molecule has 9 nitrogen and oxygen atoms in total. The zero-order chi connectivity index (χ0) is 59.3. The van der Waals surface area contributed by atoms with Gasteiger partial charge in [-0.2, -0.15) is 0 Å². The summed E-state index contributed by atoms with van der Waals surface area (Å²) in [5.74, 6) is -0.559. The standard InChI is InChI=1S/C71H129N2O7P/c1-7-10-13-16-19-22-25-27-29-31-33-35-36-38-40-42-44-46-49-52-55-58-61-64-71(75)80-69(62-59-56-53-50-47-24-21-18-15-12-9-3)68(67-79-81(76,77)78-66-65-73(4,5)6)72-70(74)63-60-57-54-51-48-45-43-41-39-37-34-32-30-28-26-23-20-17-14-11-8-2/h11,14,20,23,27-30,34,37,41,43,59,62,68-69H,7-10,12-13,15-19,21-22,24-26,31-33,35-36,38-40,42,44-58,60-61,63-67H2,1-6H3,(H-,72,74,76,77)/b14-11-,23-20-,29-27+,30-28-,37-34-,43-41-,62-59+. The molecule has 0 aromatic carbocycles. The van der Waals surface area contributed by atoms with Gasteiger partial charge in [-0.1, -0.05) is 273 Å². The van der Waals surface area contributed by atoms with Crippen molar-refractivity contribution in [2.45, 2.75) is 315 Å². The molecule has 0 aromatic heterocycles. The fraction of sp³-hybridized carbons (Fsp3) is 0.775. The highest BCUT2D eigenvalue weighted by molar-refractivity contribution is 7.45. The lowest BCUT2D eigenvalue weighted by molar-refractivity contribution is -0.870. The molecule has 0 bridgehead atoms. The van der Waals surface area contributed by atoms with Crippen molar-refractivity contribution in [1.82, 2.24) is 5.32 Å². The number of ether oxygens (including phenoxy) is 1. The third kappa shape index (κ3) is 61.6. The molecule has 0 rings (SSSR count). The van der Waals surface area contributed by atoms with Gasteiger partial charge in [-0.3, -0.25) is 14.2 Å². The number of nitrogens with one attached hydrogen (secondary N) is 1. The summed E-state index contributed by atoms with van der Waals surface area (Å²) in [5, 5.41) is 3.03. The molecule has 0 aliphatic heterocycles. The minimum absolute atomic E-state index is 0.0291. The van der Waals surface area contributed by atoms with Crippen molar-refractivity contribution in [1.29, 1.82) is 0 Å². The Bertz CT molecular complexity index is 1660. The quantitative estimate of drug-likeness (QED) is 0.0212. The molecule has 0 aliphatic carbocycles. The highest BCUT2D eigenvalue weighted by Crippen LogP contribution is 2.38. The van der Waals surface area contributed by atoms with Gasteiger partial charge in [0.15, 0.2) is 0 Å². The van der Waals surface area contributed by atoms with E-state index in [1.165, 1.54) is 161 Å². The maximum Gasteiger partial charge on any atom is 0.306 e. The summed E-state index contributed by atoms with van der Waals surface area (Å²) in [4.78, 5) is 40.1. The zero-order valence-electron chi connectivity index (χ0n) is 53.7. The van der Waals surface area contributed by atoms with E-state index >= 15 is 0 Å². The van der Waals surface area contributed by atoms with Gasteiger partial charge in [0.05, 0.1) is 33.8 Å². The molecule has 3 unspecified atom stereocenters. The lowest BCUT2D eigenvalue weighted by Crippen LogP contribution is -2.47. The van der Waals surface area contributed by atoms with Crippen LogP contribution >= 0.6 is 7.82 Å². The summed E-state index contributed by atoms with van der Waals surface area (Å²) in [6.45, 7) is 6.72. The number of phosphoric ester groups is 1. The highest BCUT2D eigenvalue weighted by atomic mass is 31.2. The van der Waals surface area contributed by atoms with Crippen molar-refractivity contribution >= 4 is 19.7 Å². The van der Waals surface area contributed by atoms with Crippen LogP contribution in [0.1, 0.15) is 303 Å². The molecule has 0 fully saturated rings. The van der Waals surface area contributed by atoms with Crippen molar-refractivity contribution < 1.29 is 37.3 Å².